The van der Waals surface area contributed by atoms with E-state index in [1.54, 1.807) is 13.0 Å². The maximum absolute atomic E-state index is 12.9. The Kier molecular flexibility index (Phi) is 7.56. The molecule has 3 rings (SSSR count). The third-order valence-electron chi connectivity index (χ3n) is 4.35. The number of hydrogen-bond donors (Lipinski definition) is 1. The predicted octanol–water partition coefficient (Wildman–Crippen LogP) is 2.44. The fraction of sp³-hybridized carbons (Fsp3) is 0.500. The Hall–Kier alpha value is -1.96. The molecule has 1 aromatic heterocycles. The number of piperidine rings is 1. The molecule has 142 valence electrons. The minimum atomic E-state index is -0.00754. The molecule has 2 N–H and O–H groups in total. The van der Waals surface area contributed by atoms with Gasteiger partial charge in [0.05, 0.1) is 17.2 Å². The molecule has 0 bridgehead atoms. The highest BCUT2D eigenvalue weighted by atomic mass is 35.5. The summed E-state index contributed by atoms with van der Waals surface area (Å²) < 4.78 is 11.0. The molecule has 1 fully saturated rings. The number of benzene rings is 1. The summed E-state index contributed by atoms with van der Waals surface area (Å²) in [6.45, 7) is 4.46. The Morgan fingerprint density at radius 3 is 2.73 bits per heavy atom. The van der Waals surface area contributed by atoms with Gasteiger partial charge in [-0.3, -0.25) is 4.79 Å². The summed E-state index contributed by atoms with van der Waals surface area (Å²) in [7, 11) is 0. The number of likely N-dealkylation sites (tertiary alicyclic amines) is 1. The van der Waals surface area contributed by atoms with Crippen molar-refractivity contribution in [1.29, 1.82) is 0 Å². The topological polar surface area (TPSA) is 94.5 Å². The van der Waals surface area contributed by atoms with E-state index < -0.39 is 0 Å². The second-order valence-corrected chi connectivity index (χ2v) is 6.20. The molecule has 1 aliphatic heterocycles. The first-order valence-electron chi connectivity index (χ1n) is 8.69. The van der Waals surface area contributed by atoms with Crippen LogP contribution in [0.15, 0.2) is 28.8 Å². The number of carbonyl (C=O) groups is 1. The fourth-order valence-corrected chi connectivity index (χ4v) is 2.99. The van der Waals surface area contributed by atoms with Gasteiger partial charge >= 0.3 is 0 Å². The lowest BCUT2D eigenvalue weighted by molar-refractivity contribution is 0.00846. The van der Waals surface area contributed by atoms with E-state index in [1.165, 1.54) is 0 Å². The predicted molar refractivity (Wildman–Crippen MR) is 100 cm³/mol. The van der Waals surface area contributed by atoms with Crippen LogP contribution in [-0.2, 0) is 4.74 Å². The third-order valence-corrected chi connectivity index (χ3v) is 4.35. The lowest BCUT2D eigenvalue weighted by atomic mass is 10.0. The van der Waals surface area contributed by atoms with Crippen molar-refractivity contribution in [2.75, 3.05) is 26.2 Å². The van der Waals surface area contributed by atoms with E-state index in [2.05, 4.69) is 10.1 Å². The Balaban J connectivity index is 0.00000243. The first-order valence-corrected chi connectivity index (χ1v) is 8.69. The minimum Gasteiger partial charge on any atom is -0.378 e. The summed E-state index contributed by atoms with van der Waals surface area (Å²) in [6, 6.07) is 7.36. The molecule has 0 unspecified atom stereocenters. The highest BCUT2D eigenvalue weighted by Gasteiger charge is 2.26. The molecule has 0 saturated carbocycles. The number of aromatic nitrogens is 2. The number of hydrogen-bond acceptors (Lipinski definition) is 6. The van der Waals surface area contributed by atoms with Crippen molar-refractivity contribution in [3.63, 3.8) is 0 Å². The van der Waals surface area contributed by atoms with Gasteiger partial charge in [-0.1, -0.05) is 17.3 Å². The van der Waals surface area contributed by atoms with E-state index in [4.69, 9.17) is 15.0 Å². The van der Waals surface area contributed by atoms with Crippen LogP contribution >= 0.6 is 12.4 Å². The van der Waals surface area contributed by atoms with E-state index in [0.717, 1.165) is 19.3 Å². The second kappa shape index (κ2) is 9.66. The monoisotopic (exact) mass is 380 g/mol. The second-order valence-electron chi connectivity index (χ2n) is 6.20. The van der Waals surface area contributed by atoms with Crippen molar-refractivity contribution in [2.24, 2.45) is 5.73 Å². The number of nitrogens with zero attached hydrogens (tertiary/aromatic N) is 3. The molecule has 7 nitrogen and oxygen atoms in total. The smallest absolute Gasteiger partial charge is 0.258 e. The van der Waals surface area contributed by atoms with Crippen LogP contribution in [0, 0.1) is 6.92 Å². The SMILES string of the molecule is Cc1noc(-c2ccccc2C(=O)N2CCC(OCCCN)CC2)n1.Cl. The van der Waals surface area contributed by atoms with Crippen LogP contribution in [0.2, 0.25) is 0 Å². The summed E-state index contributed by atoms with van der Waals surface area (Å²) in [4.78, 5) is 19.1. The normalized spacial score (nSPS) is 14.9. The summed E-state index contributed by atoms with van der Waals surface area (Å²) in [5.41, 5.74) is 6.75. The Morgan fingerprint density at radius 2 is 2.08 bits per heavy atom. The van der Waals surface area contributed by atoms with Gasteiger partial charge in [-0.2, -0.15) is 4.98 Å². The average Bonchev–Trinajstić information content (AvgIpc) is 3.08. The lowest BCUT2D eigenvalue weighted by Crippen LogP contribution is -2.41. The lowest BCUT2D eigenvalue weighted by Gasteiger charge is -2.32. The molecular formula is C18H25ClN4O3. The number of amides is 1. The number of ether oxygens (including phenoxy) is 1. The highest BCUT2D eigenvalue weighted by Crippen LogP contribution is 2.25. The van der Waals surface area contributed by atoms with E-state index in [1.807, 2.05) is 23.1 Å². The zero-order valence-electron chi connectivity index (χ0n) is 14.9. The van der Waals surface area contributed by atoms with Crippen molar-refractivity contribution in [3.05, 3.63) is 35.7 Å². The van der Waals surface area contributed by atoms with E-state index in [-0.39, 0.29) is 24.4 Å². The van der Waals surface area contributed by atoms with Crippen LogP contribution in [0.3, 0.4) is 0 Å². The van der Waals surface area contributed by atoms with E-state index in [9.17, 15) is 4.79 Å². The average molecular weight is 381 g/mol. The molecule has 0 aliphatic carbocycles. The van der Waals surface area contributed by atoms with Gasteiger partial charge in [0.15, 0.2) is 5.82 Å². The maximum Gasteiger partial charge on any atom is 0.258 e. The van der Waals surface area contributed by atoms with Crippen LogP contribution < -0.4 is 5.73 Å². The van der Waals surface area contributed by atoms with Crippen LogP contribution in [0.1, 0.15) is 35.4 Å². The quantitative estimate of drug-likeness (QED) is 0.773. The van der Waals surface area contributed by atoms with Crippen LogP contribution in [0.25, 0.3) is 11.5 Å². The standard InChI is InChI=1S/C18H24N4O3.ClH/c1-13-20-17(25-21-13)15-5-2-3-6-16(15)18(23)22-10-7-14(8-11-22)24-12-4-9-19;/h2-3,5-6,14H,4,7-12,19H2,1H3;1H. The first-order chi connectivity index (χ1) is 12.2. The minimum absolute atomic E-state index is 0. The third kappa shape index (κ3) is 4.81. The van der Waals surface area contributed by atoms with Crippen molar-refractivity contribution in [3.8, 4) is 11.5 Å². The number of nitrogens with two attached hydrogens (primary N) is 1. The van der Waals surface area contributed by atoms with Crippen LogP contribution in [0.5, 0.6) is 0 Å². The van der Waals surface area contributed by atoms with Gasteiger partial charge in [0.1, 0.15) is 0 Å². The number of rotatable bonds is 6. The van der Waals surface area contributed by atoms with Crippen molar-refractivity contribution >= 4 is 18.3 Å². The van der Waals surface area contributed by atoms with Gasteiger partial charge in [-0.15, -0.1) is 12.4 Å². The summed E-state index contributed by atoms with van der Waals surface area (Å²) >= 11 is 0. The Morgan fingerprint density at radius 1 is 1.35 bits per heavy atom. The zero-order chi connectivity index (χ0) is 17.6. The van der Waals surface area contributed by atoms with Crippen molar-refractivity contribution in [2.45, 2.75) is 32.3 Å². The highest BCUT2D eigenvalue weighted by molar-refractivity contribution is 6.00. The summed E-state index contributed by atoms with van der Waals surface area (Å²) in [5, 5.41) is 3.81. The molecule has 0 spiro atoms. The molecule has 8 heteroatoms. The fourth-order valence-electron chi connectivity index (χ4n) is 2.99. The van der Waals surface area contributed by atoms with E-state index >= 15 is 0 Å². The molecule has 1 amide bonds. The number of carbonyl (C=O) groups excluding carboxylic acids is 1. The largest absolute Gasteiger partial charge is 0.378 e. The first kappa shape index (κ1) is 20.4. The van der Waals surface area contributed by atoms with Gasteiger partial charge in [0.2, 0.25) is 0 Å². The van der Waals surface area contributed by atoms with Crippen molar-refractivity contribution < 1.29 is 14.1 Å². The van der Waals surface area contributed by atoms with Crippen molar-refractivity contribution in [1.82, 2.24) is 15.0 Å². The molecule has 2 aromatic rings. The molecule has 2 heterocycles. The molecular weight excluding hydrogens is 356 g/mol. The molecule has 0 radical (unpaired) electrons. The number of halogens is 1. The maximum atomic E-state index is 12.9. The number of aryl methyl sites for hydroxylation is 1. The summed E-state index contributed by atoms with van der Waals surface area (Å²) in [6.07, 6.45) is 2.77. The molecule has 0 atom stereocenters. The van der Waals surface area contributed by atoms with Crippen LogP contribution in [-0.4, -0.2) is 53.3 Å². The molecule has 1 saturated heterocycles. The van der Waals surface area contributed by atoms with Gasteiger partial charge in [0.25, 0.3) is 11.8 Å². The molecule has 26 heavy (non-hydrogen) atoms. The van der Waals surface area contributed by atoms with Gasteiger partial charge < -0.3 is 19.9 Å². The van der Waals surface area contributed by atoms with Gasteiger partial charge in [0, 0.05) is 19.7 Å². The van der Waals surface area contributed by atoms with Gasteiger partial charge in [-0.05, 0) is 44.9 Å². The van der Waals surface area contributed by atoms with Crippen LogP contribution in [0.4, 0.5) is 0 Å². The summed E-state index contributed by atoms with van der Waals surface area (Å²) in [5.74, 6) is 0.918. The molecule has 1 aromatic carbocycles. The zero-order valence-corrected chi connectivity index (χ0v) is 15.7. The Labute approximate surface area is 159 Å². The van der Waals surface area contributed by atoms with E-state index in [0.29, 0.717) is 49.1 Å². The Bertz CT molecular complexity index is 714. The van der Waals surface area contributed by atoms with Gasteiger partial charge in [-0.25, -0.2) is 0 Å². The molecule has 1 aliphatic rings.